The highest BCUT2D eigenvalue weighted by atomic mass is 16.5. The Balaban J connectivity index is 3.51. The van der Waals surface area contributed by atoms with E-state index in [1.165, 1.54) is 0 Å². The molecule has 1 aromatic rings. The van der Waals surface area contributed by atoms with Gasteiger partial charge in [0.2, 0.25) is 0 Å². The molecule has 1 rings (SSSR count). The number of esters is 3. The van der Waals surface area contributed by atoms with Gasteiger partial charge in [0.25, 0.3) is 0 Å². The van der Waals surface area contributed by atoms with E-state index in [0.29, 0.717) is 19.3 Å². The number of rotatable bonds is 10. The smallest absolute Gasteiger partial charge is 0.339 e. The number of ether oxygens (including phenoxy) is 3. The summed E-state index contributed by atoms with van der Waals surface area (Å²) in [6, 6.07) is 2.13. The van der Waals surface area contributed by atoms with Crippen LogP contribution in [0.3, 0.4) is 0 Å². The van der Waals surface area contributed by atoms with Crippen molar-refractivity contribution in [1.82, 2.24) is 0 Å². The third-order valence-electron chi connectivity index (χ3n) is 3.34. The molecule has 0 saturated carbocycles. The van der Waals surface area contributed by atoms with Crippen molar-refractivity contribution in [3.05, 3.63) is 34.4 Å². The molecule has 0 atom stereocenters. The predicted octanol–water partition coefficient (Wildman–Crippen LogP) is 3.09. The standard InChI is InChI=1S/C19H24O8/c1-4-7-25-17(22)12-10-13(18(23)26-8-5-2)15(16(20)21)14(11-12)19(24)27-9-6-3/h10-11H,4-9H2,1-3H3,(H,20,21). The second kappa shape index (κ2) is 10.9. The van der Waals surface area contributed by atoms with E-state index in [2.05, 4.69) is 0 Å². The average molecular weight is 380 g/mol. The Morgan fingerprint density at radius 2 is 1.11 bits per heavy atom. The lowest BCUT2D eigenvalue weighted by molar-refractivity contribution is 0.0481. The van der Waals surface area contributed by atoms with Crippen molar-refractivity contribution in [2.75, 3.05) is 19.8 Å². The molecule has 0 aliphatic carbocycles. The molecular weight excluding hydrogens is 356 g/mol. The molecule has 8 nitrogen and oxygen atoms in total. The van der Waals surface area contributed by atoms with Gasteiger partial charge in [-0.05, 0) is 31.4 Å². The van der Waals surface area contributed by atoms with Crippen molar-refractivity contribution in [2.24, 2.45) is 0 Å². The minimum absolute atomic E-state index is 0.0675. The fourth-order valence-corrected chi connectivity index (χ4v) is 2.14. The summed E-state index contributed by atoms with van der Waals surface area (Å²) in [5, 5.41) is 9.53. The van der Waals surface area contributed by atoms with Crippen molar-refractivity contribution in [3.8, 4) is 0 Å². The third kappa shape index (κ3) is 6.09. The minimum atomic E-state index is -1.50. The van der Waals surface area contributed by atoms with E-state index in [1.54, 1.807) is 13.8 Å². The Morgan fingerprint density at radius 1 is 0.741 bits per heavy atom. The van der Waals surface area contributed by atoms with Crippen LogP contribution in [0.15, 0.2) is 12.1 Å². The highest BCUT2D eigenvalue weighted by Gasteiger charge is 2.29. The number of aromatic carboxylic acids is 1. The molecule has 1 N–H and O–H groups in total. The van der Waals surface area contributed by atoms with Gasteiger partial charge in [0, 0.05) is 0 Å². The Kier molecular flexibility index (Phi) is 8.98. The summed E-state index contributed by atoms with van der Waals surface area (Å²) < 4.78 is 15.0. The summed E-state index contributed by atoms with van der Waals surface area (Å²) >= 11 is 0. The van der Waals surface area contributed by atoms with Gasteiger partial charge in [0.05, 0.1) is 42.1 Å². The molecule has 0 unspecified atom stereocenters. The van der Waals surface area contributed by atoms with E-state index < -0.39 is 40.6 Å². The van der Waals surface area contributed by atoms with E-state index in [-0.39, 0.29) is 25.4 Å². The molecule has 0 saturated heterocycles. The van der Waals surface area contributed by atoms with E-state index in [9.17, 15) is 24.3 Å². The normalized spacial score (nSPS) is 10.2. The zero-order chi connectivity index (χ0) is 20.4. The number of carbonyl (C=O) groups excluding carboxylic acids is 3. The second-order valence-electron chi connectivity index (χ2n) is 5.66. The van der Waals surface area contributed by atoms with Crippen LogP contribution in [0.25, 0.3) is 0 Å². The van der Waals surface area contributed by atoms with Crippen LogP contribution in [0.4, 0.5) is 0 Å². The molecule has 0 fully saturated rings. The van der Waals surface area contributed by atoms with Gasteiger partial charge < -0.3 is 19.3 Å². The van der Waals surface area contributed by atoms with Gasteiger partial charge in [-0.2, -0.15) is 0 Å². The lowest BCUT2D eigenvalue weighted by atomic mass is 9.97. The second-order valence-corrected chi connectivity index (χ2v) is 5.66. The minimum Gasteiger partial charge on any atom is -0.478 e. The Labute approximate surface area is 157 Å². The third-order valence-corrected chi connectivity index (χ3v) is 3.34. The maximum atomic E-state index is 12.3. The molecular formula is C19H24O8. The van der Waals surface area contributed by atoms with Crippen molar-refractivity contribution in [1.29, 1.82) is 0 Å². The lowest BCUT2D eigenvalue weighted by Gasteiger charge is -2.13. The molecule has 0 amide bonds. The highest BCUT2D eigenvalue weighted by Crippen LogP contribution is 2.22. The largest absolute Gasteiger partial charge is 0.478 e. The first kappa shape index (κ1) is 22.1. The van der Waals surface area contributed by atoms with Crippen LogP contribution in [0, 0.1) is 0 Å². The number of hydrogen-bond donors (Lipinski definition) is 1. The van der Waals surface area contributed by atoms with Crippen LogP contribution >= 0.6 is 0 Å². The van der Waals surface area contributed by atoms with Gasteiger partial charge in [-0.3, -0.25) is 0 Å². The van der Waals surface area contributed by atoms with Crippen molar-refractivity contribution < 1.29 is 38.5 Å². The van der Waals surface area contributed by atoms with Crippen LogP contribution in [0.1, 0.15) is 81.5 Å². The van der Waals surface area contributed by atoms with Crippen LogP contribution in [0.5, 0.6) is 0 Å². The highest BCUT2D eigenvalue weighted by molar-refractivity contribution is 6.11. The summed E-state index contributed by atoms with van der Waals surface area (Å²) in [5.41, 5.74) is -1.49. The number of hydrogen-bond acceptors (Lipinski definition) is 7. The fourth-order valence-electron chi connectivity index (χ4n) is 2.14. The molecule has 0 aliphatic rings. The molecule has 8 heteroatoms. The molecule has 0 spiro atoms. The van der Waals surface area contributed by atoms with Gasteiger partial charge >= 0.3 is 23.9 Å². The number of benzene rings is 1. The molecule has 0 aliphatic heterocycles. The van der Waals surface area contributed by atoms with Gasteiger partial charge in [-0.25, -0.2) is 19.2 Å². The van der Waals surface area contributed by atoms with Crippen LogP contribution < -0.4 is 0 Å². The summed E-state index contributed by atoms with van der Waals surface area (Å²) in [4.78, 5) is 48.5. The summed E-state index contributed by atoms with van der Waals surface area (Å²) in [5.74, 6) is -4.16. The van der Waals surface area contributed by atoms with E-state index in [0.717, 1.165) is 12.1 Å². The average Bonchev–Trinajstić information content (AvgIpc) is 2.66. The Morgan fingerprint density at radius 3 is 1.44 bits per heavy atom. The SMILES string of the molecule is CCCOC(=O)c1cc(C(=O)OCCC)c(C(=O)O)c(C(=O)OCCC)c1. The maximum absolute atomic E-state index is 12.3. The Bertz CT molecular complexity index is 667. The van der Waals surface area contributed by atoms with E-state index in [4.69, 9.17) is 14.2 Å². The maximum Gasteiger partial charge on any atom is 0.339 e. The quantitative estimate of drug-likeness (QED) is 0.486. The molecule has 0 aromatic heterocycles. The number of carbonyl (C=O) groups is 4. The molecule has 0 bridgehead atoms. The summed E-state index contributed by atoms with van der Waals surface area (Å²) in [6.45, 7) is 5.64. The zero-order valence-corrected chi connectivity index (χ0v) is 15.7. The number of carboxylic acids is 1. The summed E-state index contributed by atoms with van der Waals surface area (Å²) in [6.07, 6.45) is 1.63. The van der Waals surface area contributed by atoms with Crippen molar-refractivity contribution in [2.45, 2.75) is 40.0 Å². The summed E-state index contributed by atoms with van der Waals surface area (Å²) in [7, 11) is 0. The fraction of sp³-hybridized carbons (Fsp3) is 0.474. The molecule has 0 radical (unpaired) electrons. The molecule has 1 aromatic carbocycles. The van der Waals surface area contributed by atoms with E-state index in [1.807, 2.05) is 6.92 Å². The van der Waals surface area contributed by atoms with Crippen LogP contribution in [0.2, 0.25) is 0 Å². The molecule has 27 heavy (non-hydrogen) atoms. The first-order valence-electron chi connectivity index (χ1n) is 8.79. The molecule has 148 valence electrons. The van der Waals surface area contributed by atoms with Gasteiger partial charge in [-0.15, -0.1) is 0 Å². The lowest BCUT2D eigenvalue weighted by Crippen LogP contribution is -2.20. The van der Waals surface area contributed by atoms with Crippen molar-refractivity contribution in [3.63, 3.8) is 0 Å². The van der Waals surface area contributed by atoms with E-state index >= 15 is 0 Å². The first-order chi connectivity index (χ1) is 12.9. The van der Waals surface area contributed by atoms with Crippen LogP contribution in [-0.4, -0.2) is 48.8 Å². The molecule has 0 heterocycles. The van der Waals surface area contributed by atoms with Gasteiger partial charge in [0.15, 0.2) is 0 Å². The topological polar surface area (TPSA) is 116 Å². The van der Waals surface area contributed by atoms with Crippen molar-refractivity contribution >= 4 is 23.9 Å². The predicted molar refractivity (Wildman–Crippen MR) is 95.1 cm³/mol. The number of carboxylic acid groups (broad SMARTS) is 1. The first-order valence-corrected chi connectivity index (χ1v) is 8.79. The Hall–Kier alpha value is -2.90. The monoisotopic (exact) mass is 380 g/mol. The zero-order valence-electron chi connectivity index (χ0n) is 15.7. The van der Waals surface area contributed by atoms with Gasteiger partial charge in [0.1, 0.15) is 0 Å². The van der Waals surface area contributed by atoms with Gasteiger partial charge in [-0.1, -0.05) is 20.8 Å². The van der Waals surface area contributed by atoms with Crippen LogP contribution in [-0.2, 0) is 14.2 Å².